The summed E-state index contributed by atoms with van der Waals surface area (Å²) in [6.07, 6.45) is 1.82. The van der Waals surface area contributed by atoms with Gasteiger partial charge in [0.1, 0.15) is 12.1 Å². The first-order valence-corrected chi connectivity index (χ1v) is 6.41. The Morgan fingerprint density at radius 2 is 2.16 bits per heavy atom. The Kier molecular flexibility index (Phi) is 3.73. The molecule has 0 radical (unpaired) electrons. The third-order valence-electron chi connectivity index (χ3n) is 2.90. The van der Waals surface area contributed by atoms with E-state index in [-0.39, 0.29) is 12.5 Å². The van der Waals surface area contributed by atoms with Crippen LogP contribution in [0.15, 0.2) is 0 Å². The van der Waals surface area contributed by atoms with Gasteiger partial charge in [0.2, 0.25) is 5.95 Å². The van der Waals surface area contributed by atoms with Crippen molar-refractivity contribution in [1.29, 1.82) is 0 Å². The highest BCUT2D eigenvalue weighted by molar-refractivity contribution is 5.80. The van der Waals surface area contributed by atoms with Crippen molar-refractivity contribution in [2.45, 2.75) is 33.2 Å². The summed E-state index contributed by atoms with van der Waals surface area (Å²) in [6, 6.07) is 0. The summed E-state index contributed by atoms with van der Waals surface area (Å²) in [4.78, 5) is 15.9. The Hall–Kier alpha value is -2.05. The highest BCUT2D eigenvalue weighted by Crippen LogP contribution is 2.21. The predicted molar refractivity (Wildman–Crippen MR) is 71.5 cm³/mol. The lowest BCUT2D eigenvalue weighted by atomic mass is 10.2. The molecule has 19 heavy (non-hydrogen) atoms. The number of nitrogen functional groups attached to an aromatic ring is 1. The minimum Gasteiger partial charge on any atom is -0.465 e. The molecule has 0 saturated carbocycles. The zero-order chi connectivity index (χ0) is 14.0. The molecular formula is C12H19N5O2. The van der Waals surface area contributed by atoms with Crippen molar-refractivity contribution in [3.63, 3.8) is 0 Å². The van der Waals surface area contributed by atoms with Crippen molar-refractivity contribution in [3.05, 3.63) is 5.69 Å². The number of anilines is 1. The summed E-state index contributed by atoms with van der Waals surface area (Å²) in [5, 5.41) is 4.42. The Morgan fingerprint density at radius 3 is 2.79 bits per heavy atom. The quantitative estimate of drug-likeness (QED) is 0.810. The molecule has 0 spiro atoms. The van der Waals surface area contributed by atoms with E-state index in [1.54, 1.807) is 16.2 Å². The average molecular weight is 265 g/mol. The Balaban J connectivity index is 2.43. The van der Waals surface area contributed by atoms with Crippen molar-refractivity contribution >= 4 is 23.1 Å². The van der Waals surface area contributed by atoms with Gasteiger partial charge in [0.05, 0.1) is 12.3 Å². The fourth-order valence-corrected chi connectivity index (χ4v) is 2.16. The molecule has 7 heteroatoms. The van der Waals surface area contributed by atoms with Crippen LogP contribution in [0.3, 0.4) is 0 Å². The molecule has 104 valence electrons. The maximum absolute atomic E-state index is 11.6. The van der Waals surface area contributed by atoms with Crippen molar-refractivity contribution in [1.82, 2.24) is 19.3 Å². The second-order valence-corrected chi connectivity index (χ2v) is 4.35. The zero-order valence-electron chi connectivity index (χ0n) is 11.5. The Morgan fingerprint density at radius 1 is 1.42 bits per heavy atom. The lowest BCUT2D eigenvalue weighted by molar-refractivity contribution is -0.143. The second-order valence-electron chi connectivity index (χ2n) is 4.35. The highest BCUT2D eigenvalue weighted by Gasteiger charge is 2.19. The summed E-state index contributed by atoms with van der Waals surface area (Å²) >= 11 is 0. The number of fused-ring (bicyclic) bond motifs is 1. The number of nitrogens with zero attached hydrogens (tertiary/aromatic N) is 4. The number of carbonyl (C=O) groups excluding carboxylic acids is 1. The van der Waals surface area contributed by atoms with Gasteiger partial charge in [0.15, 0.2) is 5.65 Å². The van der Waals surface area contributed by atoms with E-state index in [0.29, 0.717) is 12.6 Å². The Labute approximate surface area is 111 Å². The number of carbonyl (C=O) groups is 1. The Bertz CT molecular complexity index is 599. The van der Waals surface area contributed by atoms with Crippen LogP contribution in [0.1, 0.15) is 26.0 Å². The van der Waals surface area contributed by atoms with Crippen LogP contribution >= 0.6 is 0 Å². The van der Waals surface area contributed by atoms with Gasteiger partial charge in [-0.05, 0) is 13.3 Å². The van der Waals surface area contributed by atoms with E-state index in [0.717, 1.165) is 29.7 Å². The van der Waals surface area contributed by atoms with Gasteiger partial charge in [-0.25, -0.2) is 4.98 Å². The van der Waals surface area contributed by atoms with Gasteiger partial charge in [-0.1, -0.05) is 13.3 Å². The minimum absolute atomic E-state index is 0.0568. The predicted octanol–water partition coefficient (Wildman–Crippen LogP) is 0.868. The van der Waals surface area contributed by atoms with Crippen molar-refractivity contribution in [2.24, 2.45) is 7.05 Å². The lowest BCUT2D eigenvalue weighted by Gasteiger charge is -2.06. The molecule has 0 aliphatic rings. The first-order valence-electron chi connectivity index (χ1n) is 6.41. The van der Waals surface area contributed by atoms with Gasteiger partial charge in [-0.2, -0.15) is 5.10 Å². The summed E-state index contributed by atoms with van der Waals surface area (Å²) in [5.41, 5.74) is 8.32. The molecule has 0 atom stereocenters. The van der Waals surface area contributed by atoms with Crippen LogP contribution in [0.25, 0.3) is 11.2 Å². The minimum atomic E-state index is -0.327. The van der Waals surface area contributed by atoms with E-state index in [1.165, 1.54) is 0 Å². The number of rotatable bonds is 5. The molecule has 0 aromatic carbocycles. The molecule has 0 amide bonds. The van der Waals surface area contributed by atoms with E-state index in [9.17, 15) is 4.79 Å². The first kappa shape index (κ1) is 13.4. The monoisotopic (exact) mass is 265 g/mol. The number of nitrogens with two attached hydrogens (primary N) is 1. The SMILES string of the molecule is CCCc1nn(C)c2c1nc(N)n2CC(=O)OCC. The third-order valence-corrected chi connectivity index (χ3v) is 2.90. The second kappa shape index (κ2) is 5.29. The molecule has 0 bridgehead atoms. The number of hydrogen-bond acceptors (Lipinski definition) is 5. The maximum Gasteiger partial charge on any atom is 0.326 e. The normalized spacial score (nSPS) is 11.1. The van der Waals surface area contributed by atoms with Gasteiger partial charge in [0.25, 0.3) is 0 Å². The van der Waals surface area contributed by atoms with E-state index in [1.807, 2.05) is 7.05 Å². The number of ether oxygens (including phenoxy) is 1. The van der Waals surface area contributed by atoms with E-state index in [4.69, 9.17) is 10.5 Å². The fourth-order valence-electron chi connectivity index (χ4n) is 2.16. The maximum atomic E-state index is 11.6. The molecular weight excluding hydrogens is 246 g/mol. The van der Waals surface area contributed by atoms with Gasteiger partial charge in [0, 0.05) is 7.05 Å². The molecule has 7 nitrogen and oxygen atoms in total. The number of imidazole rings is 1. The summed E-state index contributed by atoms with van der Waals surface area (Å²) in [7, 11) is 1.82. The molecule has 0 aliphatic heterocycles. The van der Waals surface area contributed by atoms with E-state index in [2.05, 4.69) is 17.0 Å². The fraction of sp³-hybridized carbons (Fsp3) is 0.583. The molecule has 0 aliphatic carbocycles. The molecule has 2 rings (SSSR count). The molecule has 0 saturated heterocycles. The average Bonchev–Trinajstić information content (AvgIpc) is 2.81. The van der Waals surface area contributed by atoms with Gasteiger partial charge >= 0.3 is 5.97 Å². The molecule has 0 fully saturated rings. The van der Waals surface area contributed by atoms with Gasteiger partial charge < -0.3 is 10.5 Å². The standard InChI is InChI=1S/C12H19N5O2/c1-4-6-8-10-11(16(3)15-8)17(12(13)14-10)7-9(18)19-5-2/h4-7H2,1-3H3,(H2,13,14). The van der Waals surface area contributed by atoms with Crippen LogP contribution in [0.5, 0.6) is 0 Å². The van der Waals surface area contributed by atoms with Gasteiger partial charge in [-0.15, -0.1) is 0 Å². The van der Waals surface area contributed by atoms with Crippen LogP contribution in [0.2, 0.25) is 0 Å². The summed E-state index contributed by atoms with van der Waals surface area (Å²) in [5.74, 6) is -0.0138. The van der Waals surface area contributed by atoms with Crippen LogP contribution in [0, 0.1) is 0 Å². The number of esters is 1. The van der Waals surface area contributed by atoms with Crippen LogP contribution < -0.4 is 5.73 Å². The van der Waals surface area contributed by atoms with Gasteiger partial charge in [-0.3, -0.25) is 14.0 Å². The summed E-state index contributed by atoms with van der Waals surface area (Å²) < 4.78 is 8.29. The lowest BCUT2D eigenvalue weighted by Crippen LogP contribution is -2.16. The molecule has 2 N–H and O–H groups in total. The smallest absolute Gasteiger partial charge is 0.326 e. The van der Waals surface area contributed by atoms with Crippen LogP contribution in [0.4, 0.5) is 5.95 Å². The van der Waals surface area contributed by atoms with Crippen LogP contribution in [-0.4, -0.2) is 31.9 Å². The first-order chi connectivity index (χ1) is 9.08. The molecule has 0 unspecified atom stereocenters. The van der Waals surface area contributed by atoms with Crippen molar-refractivity contribution < 1.29 is 9.53 Å². The van der Waals surface area contributed by atoms with Crippen LogP contribution in [-0.2, 0) is 29.5 Å². The van der Waals surface area contributed by atoms with Crippen molar-refractivity contribution in [2.75, 3.05) is 12.3 Å². The van der Waals surface area contributed by atoms with Crippen molar-refractivity contribution in [3.8, 4) is 0 Å². The number of aryl methyl sites for hydroxylation is 2. The largest absolute Gasteiger partial charge is 0.465 e. The van der Waals surface area contributed by atoms with E-state index >= 15 is 0 Å². The molecule has 2 aromatic heterocycles. The number of aromatic nitrogens is 4. The number of hydrogen-bond donors (Lipinski definition) is 1. The summed E-state index contributed by atoms with van der Waals surface area (Å²) in [6.45, 7) is 4.26. The zero-order valence-corrected chi connectivity index (χ0v) is 11.5. The molecule has 2 aromatic rings. The third kappa shape index (κ3) is 2.40. The molecule has 2 heterocycles. The topological polar surface area (TPSA) is 88.0 Å². The van der Waals surface area contributed by atoms with E-state index < -0.39 is 0 Å². The highest BCUT2D eigenvalue weighted by atomic mass is 16.5.